The molecule has 3 aliphatic rings. The SMILES string of the molecule is CC1(C)Cc2nc(C3CCN(c4ncc(NCCCO)cn4)CC3)c([C@@H](F)c3ccc(C(F)(F)F)cc3)c(C3CCC(F)(F)CC3)c2[C@@H](O)C1. The van der Waals surface area contributed by atoms with E-state index < -0.39 is 35.9 Å². The highest BCUT2D eigenvalue weighted by molar-refractivity contribution is 5.51. The highest BCUT2D eigenvalue weighted by atomic mass is 19.4. The number of alkyl halides is 6. The van der Waals surface area contributed by atoms with Crippen LogP contribution in [0, 0.1) is 5.41 Å². The minimum absolute atomic E-state index is 0.0209. The molecule has 1 saturated heterocycles. The lowest BCUT2D eigenvalue weighted by atomic mass is 9.68. The molecule has 3 heterocycles. The van der Waals surface area contributed by atoms with Gasteiger partial charge in [0.15, 0.2) is 6.17 Å². The van der Waals surface area contributed by atoms with E-state index in [0.717, 1.165) is 30.0 Å². The molecule has 7 nitrogen and oxygen atoms in total. The topological polar surface area (TPSA) is 94.4 Å². The van der Waals surface area contributed by atoms with Crippen LogP contribution in [0.25, 0.3) is 0 Å². The third kappa shape index (κ3) is 7.88. The molecule has 0 radical (unpaired) electrons. The number of hydrogen-bond donors (Lipinski definition) is 3. The first kappa shape index (κ1) is 36.3. The monoisotopic (exact) mass is 705 g/mol. The van der Waals surface area contributed by atoms with Crippen molar-refractivity contribution < 1.29 is 36.6 Å². The summed E-state index contributed by atoms with van der Waals surface area (Å²) in [4.78, 5) is 16.2. The van der Waals surface area contributed by atoms with Crippen molar-refractivity contribution in [3.8, 4) is 0 Å². The second kappa shape index (κ2) is 14.3. The van der Waals surface area contributed by atoms with E-state index in [9.17, 15) is 27.1 Å². The average molecular weight is 706 g/mol. The van der Waals surface area contributed by atoms with Crippen LogP contribution in [0.4, 0.5) is 38.0 Å². The number of rotatable bonds is 9. The van der Waals surface area contributed by atoms with Gasteiger partial charge in [-0.2, -0.15) is 13.2 Å². The molecule has 3 N–H and O–H groups in total. The first-order valence-electron chi connectivity index (χ1n) is 17.5. The van der Waals surface area contributed by atoms with Crippen LogP contribution in [-0.4, -0.2) is 57.3 Å². The molecule has 2 atom stereocenters. The number of aromatic nitrogens is 3. The number of halogens is 6. The summed E-state index contributed by atoms with van der Waals surface area (Å²) in [7, 11) is 0. The molecule has 2 aromatic heterocycles. The van der Waals surface area contributed by atoms with Gasteiger partial charge in [-0.3, -0.25) is 4.98 Å². The Labute approximate surface area is 288 Å². The van der Waals surface area contributed by atoms with Gasteiger partial charge < -0.3 is 20.4 Å². The molecule has 2 aliphatic carbocycles. The zero-order chi connectivity index (χ0) is 35.8. The molecule has 0 unspecified atom stereocenters. The molecule has 272 valence electrons. The molecular formula is C37H45F6N5O2. The molecule has 1 saturated carbocycles. The maximum Gasteiger partial charge on any atom is 0.416 e. The minimum atomic E-state index is -4.59. The number of anilines is 2. The van der Waals surface area contributed by atoms with Gasteiger partial charge in [-0.15, -0.1) is 0 Å². The molecular weight excluding hydrogens is 660 g/mol. The smallest absolute Gasteiger partial charge is 0.396 e. The lowest BCUT2D eigenvalue weighted by Crippen LogP contribution is -2.36. The summed E-state index contributed by atoms with van der Waals surface area (Å²) in [5.41, 5.74) is 1.93. The van der Waals surface area contributed by atoms with Crippen LogP contribution in [-0.2, 0) is 12.6 Å². The Bertz CT molecular complexity index is 1620. The van der Waals surface area contributed by atoms with Crippen molar-refractivity contribution in [1.29, 1.82) is 0 Å². The largest absolute Gasteiger partial charge is 0.416 e. The van der Waals surface area contributed by atoms with Crippen LogP contribution in [0.3, 0.4) is 0 Å². The number of aliphatic hydroxyl groups is 2. The maximum atomic E-state index is 17.2. The van der Waals surface area contributed by atoms with E-state index in [0.29, 0.717) is 80.2 Å². The molecule has 13 heteroatoms. The van der Waals surface area contributed by atoms with Gasteiger partial charge in [-0.25, -0.2) is 23.1 Å². The fourth-order valence-corrected chi connectivity index (χ4v) is 7.96. The van der Waals surface area contributed by atoms with E-state index in [1.807, 2.05) is 18.7 Å². The number of benzene rings is 1. The van der Waals surface area contributed by atoms with E-state index in [1.54, 1.807) is 12.4 Å². The van der Waals surface area contributed by atoms with Crippen LogP contribution < -0.4 is 10.2 Å². The zero-order valence-corrected chi connectivity index (χ0v) is 28.4. The highest BCUT2D eigenvalue weighted by Crippen LogP contribution is 2.52. The number of pyridine rings is 1. The molecule has 0 amide bonds. The summed E-state index contributed by atoms with van der Waals surface area (Å²) >= 11 is 0. The van der Waals surface area contributed by atoms with Crippen LogP contribution in [0.5, 0.6) is 0 Å². The van der Waals surface area contributed by atoms with Crippen molar-refractivity contribution in [3.63, 3.8) is 0 Å². The van der Waals surface area contributed by atoms with Crippen molar-refractivity contribution in [2.24, 2.45) is 5.41 Å². The Kier molecular flexibility index (Phi) is 10.4. The number of nitrogens with one attached hydrogen (secondary N) is 1. The van der Waals surface area contributed by atoms with E-state index in [4.69, 9.17) is 10.1 Å². The molecule has 1 aliphatic heterocycles. The normalized spacial score (nSPS) is 21.9. The number of nitrogens with zero attached hydrogens (tertiary/aromatic N) is 4. The van der Waals surface area contributed by atoms with Gasteiger partial charge in [0, 0.05) is 61.8 Å². The Morgan fingerprint density at radius 1 is 0.960 bits per heavy atom. The predicted octanol–water partition coefficient (Wildman–Crippen LogP) is 8.43. The van der Waals surface area contributed by atoms with Crippen molar-refractivity contribution in [1.82, 2.24) is 15.0 Å². The average Bonchev–Trinajstić information content (AvgIpc) is 3.07. The van der Waals surface area contributed by atoms with Gasteiger partial charge in [-0.1, -0.05) is 26.0 Å². The lowest BCUT2D eigenvalue weighted by Gasteiger charge is -2.41. The first-order valence-corrected chi connectivity index (χ1v) is 17.5. The zero-order valence-electron chi connectivity index (χ0n) is 28.4. The Morgan fingerprint density at radius 2 is 1.60 bits per heavy atom. The quantitative estimate of drug-likeness (QED) is 0.152. The predicted molar refractivity (Wildman–Crippen MR) is 178 cm³/mol. The van der Waals surface area contributed by atoms with Crippen LogP contribution in [0.1, 0.15) is 129 Å². The number of aliphatic hydroxyl groups excluding tert-OH is 2. The van der Waals surface area contributed by atoms with Gasteiger partial charge in [0.2, 0.25) is 11.9 Å². The third-order valence-corrected chi connectivity index (χ3v) is 10.5. The number of fused-ring (bicyclic) bond motifs is 1. The Hall–Kier alpha value is -3.45. The summed E-state index contributed by atoms with van der Waals surface area (Å²) in [6, 6.07) is 3.99. The second-order valence-electron chi connectivity index (χ2n) is 14.9. The van der Waals surface area contributed by atoms with Crippen LogP contribution in [0.15, 0.2) is 36.7 Å². The van der Waals surface area contributed by atoms with Crippen molar-refractivity contribution in [2.75, 3.05) is 36.5 Å². The first-order chi connectivity index (χ1) is 23.7. The van der Waals surface area contributed by atoms with Crippen molar-refractivity contribution in [2.45, 2.75) is 108 Å². The van der Waals surface area contributed by atoms with Gasteiger partial charge in [-0.05, 0) is 79.5 Å². The molecule has 0 spiro atoms. The summed E-state index contributed by atoms with van der Waals surface area (Å²) in [5.74, 6) is -2.99. The van der Waals surface area contributed by atoms with E-state index in [1.165, 1.54) is 0 Å². The van der Waals surface area contributed by atoms with E-state index >= 15 is 4.39 Å². The Balaban J connectivity index is 1.39. The maximum absolute atomic E-state index is 17.2. The molecule has 1 aromatic carbocycles. The molecule has 50 heavy (non-hydrogen) atoms. The summed E-state index contributed by atoms with van der Waals surface area (Å²) in [6.45, 7) is 5.80. The Morgan fingerprint density at radius 3 is 2.20 bits per heavy atom. The van der Waals surface area contributed by atoms with Crippen molar-refractivity contribution in [3.05, 3.63) is 75.9 Å². The van der Waals surface area contributed by atoms with Gasteiger partial charge in [0.1, 0.15) is 0 Å². The van der Waals surface area contributed by atoms with Gasteiger partial charge in [0.25, 0.3) is 0 Å². The summed E-state index contributed by atoms with van der Waals surface area (Å²) in [5, 5.41) is 23.8. The highest BCUT2D eigenvalue weighted by Gasteiger charge is 2.44. The summed E-state index contributed by atoms with van der Waals surface area (Å²) < 4.78 is 86.4. The standard InChI is InChI=1S/C37H45F6N5O2/c1-35(2)18-27-30(28(50)19-35)29(22-8-12-36(39,40)13-9-22)31(32(38)23-4-6-25(7-5-23)37(41,42)43)33(47-27)24-10-15-48(16-11-24)34-45-20-26(21-46-34)44-14-3-17-49/h4-7,20-22,24,28,32,44,49-50H,3,8-19H2,1-2H3/t28-,32-/m0/s1. The third-order valence-electron chi connectivity index (χ3n) is 10.5. The fourth-order valence-electron chi connectivity index (χ4n) is 7.96. The van der Waals surface area contributed by atoms with E-state index in [-0.39, 0.29) is 54.7 Å². The van der Waals surface area contributed by atoms with Crippen LogP contribution in [0.2, 0.25) is 0 Å². The molecule has 2 fully saturated rings. The minimum Gasteiger partial charge on any atom is -0.396 e. The number of hydrogen-bond acceptors (Lipinski definition) is 7. The van der Waals surface area contributed by atoms with Gasteiger partial charge >= 0.3 is 6.18 Å². The van der Waals surface area contributed by atoms with Crippen molar-refractivity contribution >= 4 is 11.6 Å². The molecule has 6 rings (SSSR count). The van der Waals surface area contributed by atoms with Crippen LogP contribution >= 0.6 is 0 Å². The number of piperidine rings is 1. The molecule has 3 aromatic rings. The second-order valence-corrected chi connectivity index (χ2v) is 14.9. The van der Waals surface area contributed by atoms with E-state index in [2.05, 4.69) is 15.3 Å². The lowest BCUT2D eigenvalue weighted by molar-refractivity contribution is -0.137. The molecule has 0 bridgehead atoms. The summed E-state index contributed by atoms with van der Waals surface area (Å²) in [6.07, 6.45) is -1.98. The fraction of sp³-hybridized carbons (Fsp3) is 0.595. The van der Waals surface area contributed by atoms with Gasteiger partial charge in [0.05, 0.1) is 35.4 Å².